The minimum absolute atomic E-state index is 0.0741. The van der Waals surface area contributed by atoms with Crippen LogP contribution < -0.4 is 11.2 Å². The number of nitrogens with one attached hydrogen (secondary N) is 1. The van der Waals surface area contributed by atoms with Gasteiger partial charge in [0.25, 0.3) is 0 Å². The number of hydrogen-bond donors (Lipinski definition) is 2. The fourth-order valence-electron chi connectivity index (χ4n) is 0.186. The van der Waals surface area contributed by atoms with E-state index in [2.05, 4.69) is 10.3 Å². The molecule has 0 aliphatic rings. The van der Waals surface area contributed by atoms with Crippen LogP contribution in [0.2, 0.25) is 0 Å². The first kappa shape index (κ1) is 5.88. The first-order valence-corrected chi connectivity index (χ1v) is 1.81. The predicted molar refractivity (Wildman–Crippen MR) is 23.8 cm³/mol. The van der Waals surface area contributed by atoms with E-state index in [-0.39, 0.29) is 6.17 Å². The van der Waals surface area contributed by atoms with Gasteiger partial charge in [-0.25, -0.2) is 0 Å². The van der Waals surface area contributed by atoms with E-state index in [1.165, 1.54) is 7.11 Å². The second kappa shape index (κ2) is 3.08. The molecular weight excluding hydrogens is 80.0 g/mol. The van der Waals surface area contributed by atoms with Crippen molar-refractivity contribution < 1.29 is 4.84 Å². The summed E-state index contributed by atoms with van der Waals surface area (Å²) in [5.74, 6) is 0. The maximum Gasteiger partial charge on any atom is 0.0758 e. The van der Waals surface area contributed by atoms with Crippen LogP contribution in [0.25, 0.3) is 0 Å². The van der Waals surface area contributed by atoms with Gasteiger partial charge in [0.15, 0.2) is 0 Å². The van der Waals surface area contributed by atoms with Gasteiger partial charge in [-0.15, -0.1) is 0 Å². The van der Waals surface area contributed by atoms with Crippen molar-refractivity contribution in [2.24, 2.45) is 5.73 Å². The number of hydrogen-bond acceptors (Lipinski definition) is 3. The minimum atomic E-state index is -0.0741. The lowest BCUT2D eigenvalue weighted by molar-refractivity contribution is 0.0678. The Balaban J connectivity index is 2.63. The van der Waals surface area contributed by atoms with Crippen molar-refractivity contribution in [3.63, 3.8) is 0 Å². The Labute approximate surface area is 37.4 Å². The summed E-state index contributed by atoms with van der Waals surface area (Å²) in [6, 6.07) is 0. The Bertz CT molecular complexity index is 30.0. The van der Waals surface area contributed by atoms with Crippen molar-refractivity contribution in [3.8, 4) is 0 Å². The molecule has 0 aliphatic heterocycles. The highest BCUT2D eigenvalue weighted by atomic mass is 16.6. The second-order valence-electron chi connectivity index (χ2n) is 1.11. The molecule has 1 atom stereocenters. The van der Waals surface area contributed by atoms with Gasteiger partial charge in [-0.05, 0) is 6.92 Å². The molecule has 3 N–H and O–H groups in total. The summed E-state index contributed by atoms with van der Waals surface area (Å²) in [6.45, 7) is 1.80. The molecule has 6 heavy (non-hydrogen) atoms. The fraction of sp³-hybridized carbons (Fsp3) is 1.00. The summed E-state index contributed by atoms with van der Waals surface area (Å²) in [6.07, 6.45) is -0.0741. The van der Waals surface area contributed by atoms with Gasteiger partial charge in [-0.2, -0.15) is 5.48 Å². The van der Waals surface area contributed by atoms with Gasteiger partial charge >= 0.3 is 0 Å². The average Bonchev–Trinajstić information content (AvgIpc) is 1.35. The summed E-state index contributed by atoms with van der Waals surface area (Å²) >= 11 is 0. The maximum atomic E-state index is 5.17. The lowest BCUT2D eigenvalue weighted by Crippen LogP contribution is -2.32. The molecule has 0 amide bonds. The molecule has 38 valence electrons. The summed E-state index contributed by atoms with van der Waals surface area (Å²) in [5, 5.41) is 0. The van der Waals surface area contributed by atoms with Gasteiger partial charge < -0.3 is 10.6 Å². The van der Waals surface area contributed by atoms with Crippen molar-refractivity contribution in [1.82, 2.24) is 5.48 Å². The maximum absolute atomic E-state index is 5.17. The monoisotopic (exact) mass is 90.1 g/mol. The summed E-state index contributed by atoms with van der Waals surface area (Å²) in [7, 11) is 1.53. The molecular formula is C3H10N2O. The third-order valence-electron chi connectivity index (χ3n) is 0.304. The smallest absolute Gasteiger partial charge is 0.0758 e. The molecule has 0 saturated carbocycles. The standard InChI is InChI=1S/C3H10N2O/c1-3(4)5-6-2/h3,5H,4H2,1-2H3. The van der Waals surface area contributed by atoms with Crippen molar-refractivity contribution in [2.75, 3.05) is 7.11 Å². The molecule has 0 aromatic heterocycles. The highest BCUT2D eigenvalue weighted by molar-refractivity contribution is 4.33. The Morgan fingerprint density at radius 3 is 2.33 bits per heavy atom. The molecule has 3 heteroatoms. The van der Waals surface area contributed by atoms with Crippen LogP contribution in [0, 0.1) is 0 Å². The molecule has 0 saturated heterocycles. The molecule has 0 heterocycles. The summed E-state index contributed by atoms with van der Waals surface area (Å²) < 4.78 is 0. The molecule has 0 aliphatic carbocycles. The van der Waals surface area contributed by atoms with Crippen LogP contribution in [-0.2, 0) is 4.84 Å². The quantitative estimate of drug-likeness (QED) is 0.353. The largest absolute Gasteiger partial charge is 0.314 e. The van der Waals surface area contributed by atoms with E-state index in [0.717, 1.165) is 0 Å². The number of nitrogens with two attached hydrogens (primary N) is 1. The van der Waals surface area contributed by atoms with Crippen LogP contribution in [0.15, 0.2) is 0 Å². The van der Waals surface area contributed by atoms with Gasteiger partial charge in [0.05, 0.1) is 13.3 Å². The Hall–Kier alpha value is -0.120. The van der Waals surface area contributed by atoms with Crippen LogP contribution in [0.3, 0.4) is 0 Å². The molecule has 0 aromatic carbocycles. The van der Waals surface area contributed by atoms with Crippen LogP contribution in [0.1, 0.15) is 6.92 Å². The van der Waals surface area contributed by atoms with E-state index in [4.69, 9.17) is 5.73 Å². The normalized spacial score (nSPS) is 14.5. The van der Waals surface area contributed by atoms with Crippen LogP contribution >= 0.6 is 0 Å². The van der Waals surface area contributed by atoms with Gasteiger partial charge in [0, 0.05) is 0 Å². The number of rotatable bonds is 2. The van der Waals surface area contributed by atoms with Gasteiger partial charge in [0.1, 0.15) is 0 Å². The number of hydroxylamine groups is 1. The third kappa shape index (κ3) is 3.88. The highest BCUT2D eigenvalue weighted by Crippen LogP contribution is 1.59. The van der Waals surface area contributed by atoms with Gasteiger partial charge in [-0.3, -0.25) is 0 Å². The first-order valence-electron chi connectivity index (χ1n) is 1.81. The van der Waals surface area contributed by atoms with Crippen molar-refractivity contribution in [1.29, 1.82) is 0 Å². The zero-order valence-corrected chi connectivity index (χ0v) is 4.06. The van der Waals surface area contributed by atoms with Gasteiger partial charge in [-0.1, -0.05) is 0 Å². The summed E-state index contributed by atoms with van der Waals surface area (Å²) in [4.78, 5) is 4.43. The van der Waals surface area contributed by atoms with E-state index in [0.29, 0.717) is 0 Å². The molecule has 0 rings (SSSR count). The fourth-order valence-corrected chi connectivity index (χ4v) is 0.186. The average molecular weight is 90.1 g/mol. The molecule has 0 aromatic rings. The predicted octanol–water partition coefficient (Wildman–Crippen LogP) is -0.558. The van der Waals surface area contributed by atoms with E-state index in [9.17, 15) is 0 Å². The lowest BCUT2D eigenvalue weighted by Gasteiger charge is -2.01. The Morgan fingerprint density at radius 1 is 1.83 bits per heavy atom. The zero-order valence-electron chi connectivity index (χ0n) is 4.06. The van der Waals surface area contributed by atoms with E-state index in [1.54, 1.807) is 6.92 Å². The molecule has 0 spiro atoms. The second-order valence-corrected chi connectivity index (χ2v) is 1.11. The topological polar surface area (TPSA) is 47.3 Å². The Morgan fingerprint density at radius 2 is 2.33 bits per heavy atom. The summed E-state index contributed by atoms with van der Waals surface area (Å²) in [5.41, 5.74) is 7.65. The van der Waals surface area contributed by atoms with E-state index < -0.39 is 0 Å². The van der Waals surface area contributed by atoms with Crippen LogP contribution in [-0.4, -0.2) is 13.3 Å². The highest BCUT2D eigenvalue weighted by Gasteiger charge is 1.82. The van der Waals surface area contributed by atoms with Crippen molar-refractivity contribution in [2.45, 2.75) is 13.1 Å². The van der Waals surface area contributed by atoms with Crippen molar-refractivity contribution >= 4 is 0 Å². The van der Waals surface area contributed by atoms with Crippen LogP contribution in [0.5, 0.6) is 0 Å². The lowest BCUT2D eigenvalue weighted by atomic mass is 10.7. The SMILES string of the molecule is CONC(C)N. The molecule has 0 bridgehead atoms. The zero-order chi connectivity index (χ0) is 4.99. The first-order chi connectivity index (χ1) is 2.77. The molecule has 3 nitrogen and oxygen atoms in total. The van der Waals surface area contributed by atoms with Crippen molar-refractivity contribution in [3.05, 3.63) is 0 Å². The molecule has 0 radical (unpaired) electrons. The molecule has 0 fully saturated rings. The third-order valence-corrected chi connectivity index (χ3v) is 0.304. The molecule has 1 unspecified atom stereocenters. The van der Waals surface area contributed by atoms with Crippen LogP contribution in [0.4, 0.5) is 0 Å². The Kier molecular flexibility index (Phi) is 3.02. The minimum Gasteiger partial charge on any atom is -0.314 e. The van der Waals surface area contributed by atoms with E-state index in [1.807, 2.05) is 0 Å². The van der Waals surface area contributed by atoms with E-state index >= 15 is 0 Å². The van der Waals surface area contributed by atoms with Gasteiger partial charge in [0.2, 0.25) is 0 Å².